The lowest BCUT2D eigenvalue weighted by Crippen LogP contribution is -2.25. The van der Waals surface area contributed by atoms with E-state index in [4.69, 9.17) is 4.74 Å². The highest BCUT2D eigenvalue weighted by molar-refractivity contribution is 9.09. The van der Waals surface area contributed by atoms with E-state index in [2.05, 4.69) is 21.2 Å². The first-order valence-electron chi connectivity index (χ1n) is 6.57. The minimum absolute atomic E-state index is 0.0310. The van der Waals surface area contributed by atoms with Crippen molar-refractivity contribution >= 4 is 27.5 Å². The van der Waals surface area contributed by atoms with Gasteiger partial charge in [0.25, 0.3) is 5.91 Å². The average molecular weight is 350 g/mol. The second-order valence-corrected chi connectivity index (χ2v) is 6.00. The predicted octanol–water partition coefficient (Wildman–Crippen LogP) is 3.84. The Kier molecular flexibility index (Phi) is 3.92. The Morgan fingerprint density at radius 3 is 2.95 bits per heavy atom. The van der Waals surface area contributed by atoms with Crippen LogP contribution in [0.1, 0.15) is 16.0 Å². The largest absolute Gasteiger partial charge is 0.482 e. The molecule has 0 spiro atoms. The van der Waals surface area contributed by atoms with Crippen molar-refractivity contribution in [1.29, 1.82) is 0 Å². The van der Waals surface area contributed by atoms with Gasteiger partial charge in [-0.05, 0) is 41.8 Å². The van der Waals surface area contributed by atoms with E-state index >= 15 is 0 Å². The summed E-state index contributed by atoms with van der Waals surface area (Å²) in [5.74, 6) is 0.276. The summed E-state index contributed by atoms with van der Waals surface area (Å²) in [6, 6.07) is 12.2. The fourth-order valence-electron chi connectivity index (χ4n) is 2.28. The highest BCUT2D eigenvalue weighted by Crippen LogP contribution is 2.34. The van der Waals surface area contributed by atoms with Gasteiger partial charge in [0.2, 0.25) is 0 Å². The Bertz CT molecular complexity index is 690. The lowest BCUT2D eigenvalue weighted by atomic mass is 10.0. The number of alkyl halides is 1. The molecule has 0 saturated carbocycles. The van der Waals surface area contributed by atoms with Gasteiger partial charge in [-0.3, -0.25) is 4.79 Å². The number of fused-ring (bicyclic) bond motifs is 1. The molecular weight excluding hydrogens is 337 g/mol. The molecule has 2 aromatic rings. The van der Waals surface area contributed by atoms with E-state index in [1.165, 1.54) is 12.1 Å². The van der Waals surface area contributed by atoms with Crippen molar-refractivity contribution in [3.8, 4) is 5.75 Å². The summed E-state index contributed by atoms with van der Waals surface area (Å²) < 4.78 is 18.5. The molecule has 3 nitrogen and oxygen atoms in total. The van der Waals surface area contributed by atoms with E-state index in [1.54, 1.807) is 6.07 Å². The number of carbonyl (C=O) groups excluding carboxylic acids is 1. The highest BCUT2D eigenvalue weighted by Gasteiger charge is 2.18. The van der Waals surface area contributed by atoms with Crippen molar-refractivity contribution in [2.24, 2.45) is 0 Å². The van der Waals surface area contributed by atoms with Crippen LogP contribution in [-0.2, 0) is 11.2 Å². The van der Waals surface area contributed by atoms with Gasteiger partial charge < -0.3 is 10.1 Å². The maximum Gasteiger partial charge on any atom is 0.262 e. The summed E-state index contributed by atoms with van der Waals surface area (Å²) in [7, 11) is 0. The molecule has 1 aliphatic rings. The van der Waals surface area contributed by atoms with Gasteiger partial charge in [0, 0.05) is 4.83 Å². The van der Waals surface area contributed by atoms with Crippen molar-refractivity contribution in [3.63, 3.8) is 0 Å². The fourth-order valence-corrected chi connectivity index (χ4v) is 2.94. The molecule has 1 amide bonds. The zero-order chi connectivity index (χ0) is 14.8. The number of halogens is 2. The van der Waals surface area contributed by atoms with Crippen LogP contribution in [0.5, 0.6) is 5.75 Å². The number of nitrogens with one attached hydrogen (secondary N) is 1. The number of carbonyl (C=O) groups is 1. The normalized spacial score (nSPS) is 14.9. The third-order valence-electron chi connectivity index (χ3n) is 3.30. The van der Waals surface area contributed by atoms with Gasteiger partial charge in [-0.2, -0.15) is 0 Å². The van der Waals surface area contributed by atoms with Gasteiger partial charge in [0.15, 0.2) is 6.61 Å². The quantitative estimate of drug-likeness (QED) is 0.855. The summed E-state index contributed by atoms with van der Waals surface area (Å²) in [6.45, 7) is 0.0490. The molecule has 3 rings (SSSR count). The van der Waals surface area contributed by atoms with Crippen LogP contribution in [0.25, 0.3) is 0 Å². The molecule has 0 aromatic heterocycles. The molecular formula is C16H13BrFNO2. The number of ether oxygens (including phenoxy) is 1. The van der Waals surface area contributed by atoms with Crippen molar-refractivity contribution in [3.05, 3.63) is 59.4 Å². The van der Waals surface area contributed by atoms with Crippen LogP contribution >= 0.6 is 15.9 Å². The van der Waals surface area contributed by atoms with Crippen molar-refractivity contribution in [2.75, 3.05) is 11.9 Å². The van der Waals surface area contributed by atoms with E-state index < -0.39 is 0 Å². The summed E-state index contributed by atoms with van der Waals surface area (Å²) in [5, 5.41) is 2.78. The van der Waals surface area contributed by atoms with Gasteiger partial charge in [-0.25, -0.2) is 4.39 Å². The van der Waals surface area contributed by atoms with Crippen molar-refractivity contribution in [1.82, 2.24) is 0 Å². The molecule has 108 valence electrons. The molecule has 1 unspecified atom stereocenters. The standard InChI is InChI=1S/C16H13BrFNO2/c17-13(7-10-2-1-3-12(18)6-10)11-4-5-15-14(8-11)19-16(20)9-21-15/h1-6,8,13H,7,9H2,(H,19,20). The molecule has 1 atom stereocenters. The van der Waals surface area contributed by atoms with Crippen LogP contribution in [0.4, 0.5) is 10.1 Å². The van der Waals surface area contributed by atoms with Gasteiger partial charge in [-0.15, -0.1) is 0 Å². The Balaban J connectivity index is 1.80. The van der Waals surface area contributed by atoms with Gasteiger partial charge >= 0.3 is 0 Å². The first-order valence-corrected chi connectivity index (χ1v) is 7.48. The minimum Gasteiger partial charge on any atom is -0.482 e. The Labute approximate surface area is 130 Å². The Morgan fingerprint density at radius 2 is 2.14 bits per heavy atom. The molecule has 0 fully saturated rings. The molecule has 1 aliphatic heterocycles. The van der Waals surface area contributed by atoms with Gasteiger partial charge in [0.1, 0.15) is 11.6 Å². The van der Waals surface area contributed by atoms with Crippen molar-refractivity contribution < 1.29 is 13.9 Å². The number of hydrogen-bond acceptors (Lipinski definition) is 2. The molecule has 0 bridgehead atoms. The molecule has 2 aromatic carbocycles. The lowest BCUT2D eigenvalue weighted by Gasteiger charge is -2.20. The van der Waals surface area contributed by atoms with Gasteiger partial charge in [-0.1, -0.05) is 34.1 Å². The van der Waals surface area contributed by atoms with E-state index in [9.17, 15) is 9.18 Å². The van der Waals surface area contributed by atoms with Crippen LogP contribution in [0.2, 0.25) is 0 Å². The second-order valence-electron chi connectivity index (χ2n) is 4.89. The zero-order valence-corrected chi connectivity index (χ0v) is 12.7. The maximum absolute atomic E-state index is 13.2. The second kappa shape index (κ2) is 5.85. The zero-order valence-electron chi connectivity index (χ0n) is 11.1. The van der Waals surface area contributed by atoms with Crippen molar-refractivity contribution in [2.45, 2.75) is 11.2 Å². The molecule has 0 saturated heterocycles. The topological polar surface area (TPSA) is 38.3 Å². The van der Waals surface area contributed by atoms with Gasteiger partial charge in [0.05, 0.1) is 5.69 Å². The fraction of sp³-hybridized carbons (Fsp3) is 0.188. The molecule has 1 heterocycles. The van der Waals surface area contributed by atoms with Crippen LogP contribution in [0, 0.1) is 5.82 Å². The molecule has 0 aliphatic carbocycles. The summed E-state index contributed by atoms with van der Waals surface area (Å²) >= 11 is 3.61. The summed E-state index contributed by atoms with van der Waals surface area (Å²) in [6.07, 6.45) is 0.658. The number of rotatable bonds is 3. The van der Waals surface area contributed by atoms with Crippen LogP contribution < -0.4 is 10.1 Å². The Morgan fingerprint density at radius 1 is 1.29 bits per heavy atom. The smallest absolute Gasteiger partial charge is 0.262 e. The summed E-state index contributed by atoms with van der Waals surface area (Å²) in [4.78, 5) is 11.4. The predicted molar refractivity (Wildman–Crippen MR) is 82.3 cm³/mol. The minimum atomic E-state index is -0.238. The maximum atomic E-state index is 13.2. The first-order chi connectivity index (χ1) is 10.1. The molecule has 1 N–H and O–H groups in total. The monoisotopic (exact) mass is 349 g/mol. The first kappa shape index (κ1) is 14.1. The number of amides is 1. The van der Waals surface area contributed by atoms with Crippen LogP contribution in [-0.4, -0.2) is 12.5 Å². The van der Waals surface area contributed by atoms with Crippen LogP contribution in [0.3, 0.4) is 0 Å². The molecule has 0 radical (unpaired) electrons. The number of benzene rings is 2. The lowest BCUT2D eigenvalue weighted by molar-refractivity contribution is -0.118. The van der Waals surface area contributed by atoms with E-state index in [0.717, 1.165) is 11.1 Å². The van der Waals surface area contributed by atoms with E-state index in [-0.39, 0.29) is 23.2 Å². The number of anilines is 1. The Hall–Kier alpha value is -1.88. The van der Waals surface area contributed by atoms with E-state index in [1.807, 2.05) is 24.3 Å². The highest BCUT2D eigenvalue weighted by atomic mass is 79.9. The SMILES string of the molecule is O=C1COc2ccc(C(Br)Cc3cccc(F)c3)cc2N1. The van der Waals surface area contributed by atoms with E-state index in [0.29, 0.717) is 17.9 Å². The molecule has 5 heteroatoms. The third-order valence-corrected chi connectivity index (χ3v) is 4.15. The average Bonchev–Trinajstić information content (AvgIpc) is 2.46. The third kappa shape index (κ3) is 3.24. The molecule has 21 heavy (non-hydrogen) atoms. The number of hydrogen-bond donors (Lipinski definition) is 1. The van der Waals surface area contributed by atoms with Crippen LogP contribution in [0.15, 0.2) is 42.5 Å². The summed E-state index contributed by atoms with van der Waals surface area (Å²) in [5.41, 5.74) is 2.59.